The molecule has 2 aromatic carbocycles. The summed E-state index contributed by atoms with van der Waals surface area (Å²) in [6.45, 7) is 2.84. The number of aliphatic hydroxyl groups excluding tert-OH is 1. The minimum absolute atomic E-state index is 0.0265. The molecule has 4 rings (SSSR count). The second kappa shape index (κ2) is 9.13. The molecule has 2 heterocycles. The number of hydrogen-bond donors (Lipinski definition) is 2. The van der Waals surface area contributed by atoms with Crippen LogP contribution in [0.5, 0.6) is 0 Å². The fraction of sp³-hybridized carbons (Fsp3) is 0.381. The molecule has 0 aliphatic carbocycles. The molecule has 2 saturated heterocycles. The van der Waals surface area contributed by atoms with Gasteiger partial charge >= 0.3 is 0 Å². The van der Waals surface area contributed by atoms with Gasteiger partial charge in [0.25, 0.3) is 0 Å². The summed E-state index contributed by atoms with van der Waals surface area (Å²) < 4.78 is 32.5. The van der Waals surface area contributed by atoms with Crippen molar-refractivity contribution in [2.45, 2.75) is 23.5 Å². The average molecular weight is 466 g/mol. The van der Waals surface area contributed by atoms with Gasteiger partial charge in [0.2, 0.25) is 15.9 Å². The molecule has 2 aliphatic heterocycles. The lowest BCUT2D eigenvalue weighted by molar-refractivity contribution is -0.119. The number of carbonyl (C=O) groups is 1. The quantitative estimate of drug-likeness (QED) is 0.700. The van der Waals surface area contributed by atoms with Gasteiger partial charge in [-0.25, -0.2) is 8.42 Å². The number of halogens is 1. The lowest BCUT2D eigenvalue weighted by atomic mass is 10.2. The number of nitrogens with one attached hydrogen (secondary N) is 1. The van der Waals surface area contributed by atoms with Crippen LogP contribution in [0.15, 0.2) is 53.4 Å². The monoisotopic (exact) mass is 465 g/mol. The topological polar surface area (TPSA) is 99.2 Å². The standard InChI is InChI=1S/C21H24ClN3O5S/c22-15-1-7-19(8-2-15)31(28,29)25-14-18(26)13-20(25)21(27)23-16-3-5-17(6-4-16)24-9-11-30-12-10-24/h1-8,18,20,26H,9-14H2,(H,23,27)/t18-,20-/m1/s1. The van der Waals surface area contributed by atoms with E-state index in [-0.39, 0.29) is 17.9 Å². The molecule has 8 nitrogen and oxygen atoms in total. The van der Waals surface area contributed by atoms with Gasteiger partial charge in [-0.1, -0.05) is 11.6 Å². The summed E-state index contributed by atoms with van der Waals surface area (Å²) in [6, 6.07) is 12.1. The summed E-state index contributed by atoms with van der Waals surface area (Å²) >= 11 is 5.85. The maximum Gasteiger partial charge on any atom is 0.243 e. The summed E-state index contributed by atoms with van der Waals surface area (Å²) in [5.74, 6) is -0.479. The molecule has 2 atom stereocenters. The summed E-state index contributed by atoms with van der Waals surface area (Å²) in [5, 5.41) is 13.3. The molecule has 2 N–H and O–H groups in total. The molecule has 0 unspecified atom stereocenters. The summed E-state index contributed by atoms with van der Waals surface area (Å²) in [5.41, 5.74) is 1.59. The fourth-order valence-corrected chi connectivity index (χ4v) is 5.59. The van der Waals surface area contributed by atoms with Gasteiger partial charge in [-0.15, -0.1) is 0 Å². The third-order valence-corrected chi connectivity index (χ3v) is 7.61. The molecule has 0 spiro atoms. The molecule has 0 bridgehead atoms. The predicted octanol–water partition coefficient (Wildman–Crippen LogP) is 1.94. The Morgan fingerprint density at radius 3 is 2.35 bits per heavy atom. The molecule has 0 aromatic heterocycles. The highest BCUT2D eigenvalue weighted by Gasteiger charge is 2.43. The minimum atomic E-state index is -3.96. The SMILES string of the molecule is O=C(Nc1ccc(N2CCOCC2)cc1)[C@H]1C[C@@H](O)CN1S(=O)(=O)c1ccc(Cl)cc1. The van der Waals surface area contributed by atoms with E-state index in [1.807, 2.05) is 12.1 Å². The molecule has 2 aromatic rings. The first-order valence-corrected chi connectivity index (χ1v) is 11.9. The highest BCUT2D eigenvalue weighted by molar-refractivity contribution is 7.89. The number of rotatable bonds is 5. The average Bonchev–Trinajstić information content (AvgIpc) is 3.18. The maximum atomic E-state index is 13.1. The number of benzene rings is 2. The van der Waals surface area contributed by atoms with Crippen molar-refractivity contribution in [1.29, 1.82) is 0 Å². The largest absolute Gasteiger partial charge is 0.392 e. The second-order valence-electron chi connectivity index (χ2n) is 7.57. The molecular formula is C21H24ClN3O5S. The van der Waals surface area contributed by atoms with E-state index in [1.54, 1.807) is 12.1 Å². The van der Waals surface area contributed by atoms with Crippen LogP contribution < -0.4 is 10.2 Å². The first-order chi connectivity index (χ1) is 14.8. The molecule has 0 saturated carbocycles. The highest BCUT2D eigenvalue weighted by atomic mass is 35.5. The number of carbonyl (C=O) groups excluding carboxylic acids is 1. The smallest absolute Gasteiger partial charge is 0.243 e. The molecule has 2 aliphatic rings. The van der Waals surface area contributed by atoms with Gasteiger partial charge in [0.05, 0.1) is 24.2 Å². The van der Waals surface area contributed by atoms with Gasteiger partial charge in [-0.3, -0.25) is 4.79 Å². The van der Waals surface area contributed by atoms with Crippen LogP contribution in [0.4, 0.5) is 11.4 Å². The molecule has 2 fully saturated rings. The molecule has 31 heavy (non-hydrogen) atoms. The second-order valence-corrected chi connectivity index (χ2v) is 9.90. The number of β-amino-alcohol motifs (C(OH)–C–C–N with tert-alkyl or cyclic N) is 1. The number of hydrogen-bond acceptors (Lipinski definition) is 6. The lowest BCUT2D eigenvalue weighted by Crippen LogP contribution is -2.43. The number of morpholine rings is 1. The van der Waals surface area contributed by atoms with Crippen LogP contribution in [0.1, 0.15) is 6.42 Å². The Labute approximate surface area is 186 Å². The zero-order valence-electron chi connectivity index (χ0n) is 16.8. The number of anilines is 2. The van der Waals surface area contributed by atoms with Crippen molar-refractivity contribution in [2.24, 2.45) is 0 Å². The molecule has 166 valence electrons. The van der Waals surface area contributed by atoms with Crippen LogP contribution in [0.2, 0.25) is 5.02 Å². The predicted molar refractivity (Wildman–Crippen MR) is 118 cm³/mol. The Balaban J connectivity index is 1.48. The van der Waals surface area contributed by atoms with Crippen LogP contribution in [0.25, 0.3) is 0 Å². The zero-order chi connectivity index (χ0) is 22.0. The first-order valence-electron chi connectivity index (χ1n) is 10.0. The van der Waals surface area contributed by atoms with Crippen molar-refractivity contribution in [1.82, 2.24) is 4.31 Å². The van der Waals surface area contributed by atoms with Crippen LogP contribution in [0, 0.1) is 0 Å². The summed E-state index contributed by atoms with van der Waals surface area (Å²) in [4.78, 5) is 15.1. The molecule has 1 amide bonds. The van der Waals surface area contributed by atoms with E-state index in [0.29, 0.717) is 23.9 Å². The van der Waals surface area contributed by atoms with Gasteiger partial charge in [0.1, 0.15) is 6.04 Å². The molecule has 0 radical (unpaired) electrons. The van der Waals surface area contributed by atoms with Gasteiger partial charge in [-0.05, 0) is 48.5 Å². The van der Waals surface area contributed by atoms with Gasteiger partial charge in [0, 0.05) is 42.5 Å². The third-order valence-electron chi connectivity index (χ3n) is 5.47. The van der Waals surface area contributed by atoms with Crippen molar-refractivity contribution in [2.75, 3.05) is 43.1 Å². The number of ether oxygens (including phenoxy) is 1. The van der Waals surface area contributed by atoms with E-state index in [9.17, 15) is 18.3 Å². The maximum absolute atomic E-state index is 13.1. The van der Waals surface area contributed by atoms with Crippen LogP contribution in [0.3, 0.4) is 0 Å². The highest BCUT2D eigenvalue weighted by Crippen LogP contribution is 2.28. The number of nitrogens with zero attached hydrogens (tertiary/aromatic N) is 2. The van der Waals surface area contributed by atoms with Crippen molar-refractivity contribution in [3.8, 4) is 0 Å². The van der Waals surface area contributed by atoms with Gasteiger partial charge in [-0.2, -0.15) is 4.31 Å². The third kappa shape index (κ3) is 4.86. The van der Waals surface area contributed by atoms with Crippen LogP contribution in [-0.2, 0) is 19.6 Å². The van der Waals surface area contributed by atoms with Gasteiger partial charge in [0.15, 0.2) is 0 Å². The van der Waals surface area contributed by atoms with E-state index >= 15 is 0 Å². The summed E-state index contributed by atoms with van der Waals surface area (Å²) in [6.07, 6.45) is -0.883. The zero-order valence-corrected chi connectivity index (χ0v) is 18.3. The van der Waals surface area contributed by atoms with Crippen molar-refractivity contribution in [3.63, 3.8) is 0 Å². The van der Waals surface area contributed by atoms with Crippen molar-refractivity contribution < 1.29 is 23.1 Å². The lowest BCUT2D eigenvalue weighted by Gasteiger charge is -2.29. The first kappa shape index (κ1) is 22.0. The minimum Gasteiger partial charge on any atom is -0.392 e. The van der Waals surface area contributed by atoms with Crippen molar-refractivity contribution in [3.05, 3.63) is 53.6 Å². The van der Waals surface area contributed by atoms with E-state index in [4.69, 9.17) is 16.3 Å². The Bertz CT molecular complexity index is 1020. The number of aliphatic hydroxyl groups is 1. The molecule has 10 heteroatoms. The summed E-state index contributed by atoms with van der Waals surface area (Å²) in [7, 11) is -3.96. The van der Waals surface area contributed by atoms with E-state index in [1.165, 1.54) is 24.3 Å². The number of sulfonamides is 1. The van der Waals surface area contributed by atoms with Crippen LogP contribution >= 0.6 is 11.6 Å². The Morgan fingerprint density at radius 1 is 1.06 bits per heavy atom. The van der Waals surface area contributed by atoms with E-state index in [0.717, 1.165) is 23.1 Å². The Kier molecular flexibility index (Phi) is 6.49. The fourth-order valence-electron chi connectivity index (χ4n) is 3.83. The van der Waals surface area contributed by atoms with Gasteiger partial charge < -0.3 is 20.1 Å². The van der Waals surface area contributed by atoms with E-state index in [2.05, 4.69) is 10.2 Å². The van der Waals surface area contributed by atoms with Crippen molar-refractivity contribution >= 4 is 38.9 Å². The Morgan fingerprint density at radius 2 is 1.71 bits per heavy atom. The Hall–Kier alpha value is -2.17. The van der Waals surface area contributed by atoms with E-state index < -0.39 is 28.1 Å². The normalized spacial score (nSPS) is 22.5. The number of amides is 1. The molecular weight excluding hydrogens is 442 g/mol. The van der Waals surface area contributed by atoms with Crippen LogP contribution in [-0.4, -0.2) is 68.7 Å².